The molecule has 0 aliphatic carbocycles. The molecule has 0 aromatic carbocycles. The summed E-state index contributed by atoms with van der Waals surface area (Å²) in [5.74, 6) is -1.51. The average Bonchev–Trinajstić information content (AvgIpc) is 2.31. The molecule has 108 valence electrons. The van der Waals surface area contributed by atoms with E-state index in [2.05, 4.69) is 10.6 Å². The van der Waals surface area contributed by atoms with E-state index >= 15 is 0 Å². The fourth-order valence-electron chi connectivity index (χ4n) is 1.87. The van der Waals surface area contributed by atoms with Gasteiger partial charge in [0.05, 0.1) is 0 Å². The maximum absolute atomic E-state index is 12.0. The first-order chi connectivity index (χ1) is 8.80. The van der Waals surface area contributed by atoms with E-state index in [1.165, 1.54) is 4.90 Å². The van der Waals surface area contributed by atoms with Gasteiger partial charge in [0.15, 0.2) is 0 Å². The molecule has 0 aromatic heterocycles. The van der Waals surface area contributed by atoms with E-state index < -0.39 is 23.6 Å². The van der Waals surface area contributed by atoms with Gasteiger partial charge >= 0.3 is 12.0 Å². The second kappa shape index (κ2) is 5.87. The molecule has 1 saturated heterocycles. The molecule has 0 radical (unpaired) electrons. The predicted octanol–water partition coefficient (Wildman–Crippen LogP) is -1.26. The van der Waals surface area contributed by atoms with E-state index in [-0.39, 0.29) is 18.9 Å². The molecule has 4 N–H and O–H groups in total. The van der Waals surface area contributed by atoms with E-state index in [0.29, 0.717) is 13.1 Å². The molecule has 0 spiro atoms. The molecular formula is C11H19N3O5. The lowest BCUT2D eigenvalue weighted by Crippen LogP contribution is -2.66. The Bertz CT molecular complexity index is 383. The van der Waals surface area contributed by atoms with Gasteiger partial charge in [-0.1, -0.05) is 0 Å². The summed E-state index contributed by atoms with van der Waals surface area (Å²) in [6.07, 6.45) is -0.0818. The fraction of sp³-hybridized carbons (Fsp3) is 0.727. The Labute approximate surface area is 110 Å². The minimum atomic E-state index is -1.22. The van der Waals surface area contributed by atoms with Gasteiger partial charge in [0.2, 0.25) is 5.91 Å². The summed E-state index contributed by atoms with van der Waals surface area (Å²) < 4.78 is 0. The van der Waals surface area contributed by atoms with Crippen LogP contribution in [0.2, 0.25) is 0 Å². The molecule has 1 aliphatic rings. The summed E-state index contributed by atoms with van der Waals surface area (Å²) in [5, 5.41) is 22.6. The topological polar surface area (TPSA) is 119 Å². The molecule has 1 rings (SSSR count). The first kappa shape index (κ1) is 15.2. The lowest BCUT2D eigenvalue weighted by molar-refractivity contribution is -0.139. The van der Waals surface area contributed by atoms with Crippen molar-refractivity contribution in [3.63, 3.8) is 0 Å². The third-order valence-corrected chi connectivity index (χ3v) is 3.11. The monoisotopic (exact) mass is 273 g/mol. The molecule has 3 amide bonds. The second-order valence-corrected chi connectivity index (χ2v) is 4.82. The molecule has 0 bridgehead atoms. The number of carboxylic acid groups (broad SMARTS) is 1. The van der Waals surface area contributed by atoms with E-state index in [1.54, 1.807) is 13.8 Å². The van der Waals surface area contributed by atoms with Gasteiger partial charge in [0, 0.05) is 26.1 Å². The van der Waals surface area contributed by atoms with Crippen molar-refractivity contribution in [3.8, 4) is 0 Å². The van der Waals surface area contributed by atoms with Crippen molar-refractivity contribution in [2.24, 2.45) is 0 Å². The number of aliphatic carboxylic acids is 1. The standard InChI is InChI=1S/C11H19N3O5/c1-11(2)9(18)12-4-5-14(11)10(19)13-7(3-6-15)8(16)17/h7,15H,3-6H2,1-2H3,(H,12,18)(H,13,19)(H,16,17)/t7-/m0/s1. The highest BCUT2D eigenvalue weighted by molar-refractivity contribution is 5.92. The van der Waals surface area contributed by atoms with Gasteiger partial charge in [-0.3, -0.25) is 4.79 Å². The number of carbonyl (C=O) groups excluding carboxylic acids is 2. The summed E-state index contributed by atoms with van der Waals surface area (Å²) in [5.41, 5.74) is -1.04. The first-order valence-corrected chi connectivity index (χ1v) is 6.00. The Morgan fingerprint density at radius 2 is 2.16 bits per heavy atom. The van der Waals surface area contributed by atoms with Crippen LogP contribution >= 0.6 is 0 Å². The summed E-state index contributed by atoms with van der Waals surface area (Å²) in [6.45, 7) is 3.45. The van der Waals surface area contributed by atoms with Crippen LogP contribution in [-0.2, 0) is 9.59 Å². The quantitative estimate of drug-likeness (QED) is 0.510. The molecule has 1 atom stereocenters. The number of amides is 3. The highest BCUT2D eigenvalue weighted by atomic mass is 16.4. The number of carboxylic acids is 1. The number of hydrogen-bond acceptors (Lipinski definition) is 4. The van der Waals surface area contributed by atoms with Crippen molar-refractivity contribution in [2.75, 3.05) is 19.7 Å². The maximum Gasteiger partial charge on any atom is 0.326 e. The number of rotatable bonds is 4. The number of aliphatic hydroxyl groups excluding tert-OH is 1. The number of nitrogens with zero attached hydrogens (tertiary/aromatic N) is 1. The van der Waals surface area contributed by atoms with Crippen molar-refractivity contribution < 1.29 is 24.6 Å². The van der Waals surface area contributed by atoms with E-state index in [0.717, 1.165) is 0 Å². The third kappa shape index (κ3) is 3.34. The van der Waals surface area contributed by atoms with Gasteiger partial charge in [0.25, 0.3) is 0 Å². The zero-order valence-electron chi connectivity index (χ0n) is 11.0. The SMILES string of the molecule is CC1(C)C(=O)NCCN1C(=O)N[C@@H](CCO)C(=O)O. The molecule has 1 fully saturated rings. The molecule has 19 heavy (non-hydrogen) atoms. The summed E-state index contributed by atoms with van der Waals surface area (Å²) in [6, 6.07) is -1.79. The van der Waals surface area contributed by atoms with E-state index in [4.69, 9.17) is 10.2 Å². The van der Waals surface area contributed by atoms with Crippen molar-refractivity contribution in [2.45, 2.75) is 31.8 Å². The van der Waals surface area contributed by atoms with Gasteiger partial charge in [-0.15, -0.1) is 0 Å². The fourth-order valence-corrected chi connectivity index (χ4v) is 1.87. The molecule has 8 heteroatoms. The molecule has 0 saturated carbocycles. The number of piperazine rings is 1. The summed E-state index contributed by atoms with van der Waals surface area (Å²) in [7, 11) is 0. The Morgan fingerprint density at radius 1 is 1.53 bits per heavy atom. The van der Waals surface area contributed by atoms with Gasteiger partial charge < -0.3 is 25.7 Å². The van der Waals surface area contributed by atoms with Crippen LogP contribution in [0.5, 0.6) is 0 Å². The summed E-state index contributed by atoms with van der Waals surface area (Å²) in [4.78, 5) is 35.9. The van der Waals surface area contributed by atoms with E-state index in [9.17, 15) is 14.4 Å². The highest BCUT2D eigenvalue weighted by Gasteiger charge is 2.41. The number of nitrogens with one attached hydrogen (secondary N) is 2. The summed E-state index contributed by atoms with van der Waals surface area (Å²) >= 11 is 0. The number of urea groups is 1. The lowest BCUT2D eigenvalue weighted by atomic mass is 9.99. The second-order valence-electron chi connectivity index (χ2n) is 4.82. The van der Waals surface area contributed by atoms with Crippen LogP contribution in [0.4, 0.5) is 4.79 Å². The molecular weight excluding hydrogens is 254 g/mol. The molecule has 0 unspecified atom stereocenters. The van der Waals surface area contributed by atoms with Crippen LogP contribution in [0, 0.1) is 0 Å². The highest BCUT2D eigenvalue weighted by Crippen LogP contribution is 2.17. The molecule has 1 heterocycles. The van der Waals surface area contributed by atoms with Gasteiger partial charge in [-0.05, 0) is 13.8 Å². The average molecular weight is 273 g/mol. The lowest BCUT2D eigenvalue weighted by Gasteiger charge is -2.41. The van der Waals surface area contributed by atoms with Crippen LogP contribution in [0.25, 0.3) is 0 Å². The van der Waals surface area contributed by atoms with Gasteiger partial charge in [-0.2, -0.15) is 0 Å². The van der Waals surface area contributed by atoms with Crippen molar-refractivity contribution in [1.29, 1.82) is 0 Å². The number of hydrogen-bond donors (Lipinski definition) is 4. The molecule has 1 aliphatic heterocycles. The van der Waals surface area contributed by atoms with Crippen LogP contribution in [0.3, 0.4) is 0 Å². The Morgan fingerprint density at radius 3 is 2.68 bits per heavy atom. The minimum absolute atomic E-state index is 0.0818. The largest absolute Gasteiger partial charge is 0.480 e. The normalized spacial score (nSPS) is 19.5. The van der Waals surface area contributed by atoms with Gasteiger partial charge in [0.1, 0.15) is 11.6 Å². The van der Waals surface area contributed by atoms with Crippen LogP contribution in [-0.4, -0.2) is 64.3 Å². The smallest absolute Gasteiger partial charge is 0.326 e. The third-order valence-electron chi connectivity index (χ3n) is 3.11. The zero-order chi connectivity index (χ0) is 14.6. The van der Waals surface area contributed by atoms with Crippen molar-refractivity contribution >= 4 is 17.9 Å². The van der Waals surface area contributed by atoms with Gasteiger partial charge in [-0.25, -0.2) is 9.59 Å². The number of carbonyl (C=O) groups is 3. The van der Waals surface area contributed by atoms with Crippen molar-refractivity contribution in [1.82, 2.24) is 15.5 Å². The Kier molecular flexibility index (Phi) is 4.71. The zero-order valence-corrected chi connectivity index (χ0v) is 11.0. The van der Waals surface area contributed by atoms with Crippen LogP contribution in [0.15, 0.2) is 0 Å². The Balaban J connectivity index is 2.76. The Hall–Kier alpha value is -1.83. The number of aliphatic hydroxyl groups is 1. The molecule has 8 nitrogen and oxygen atoms in total. The van der Waals surface area contributed by atoms with Crippen molar-refractivity contribution in [3.05, 3.63) is 0 Å². The molecule has 0 aromatic rings. The first-order valence-electron chi connectivity index (χ1n) is 6.00. The van der Waals surface area contributed by atoms with Crippen LogP contribution < -0.4 is 10.6 Å². The van der Waals surface area contributed by atoms with Crippen LogP contribution in [0.1, 0.15) is 20.3 Å². The predicted molar refractivity (Wildman–Crippen MR) is 65.5 cm³/mol. The van der Waals surface area contributed by atoms with E-state index in [1.807, 2.05) is 0 Å². The minimum Gasteiger partial charge on any atom is -0.480 e. The maximum atomic E-state index is 12.0.